The predicted octanol–water partition coefficient (Wildman–Crippen LogP) is 3.36. The number of carbonyl (C=O) groups is 1. The van der Waals surface area contributed by atoms with E-state index >= 15 is 0 Å². The first kappa shape index (κ1) is 17.9. The number of hydrogen-bond acceptors (Lipinski definition) is 5. The molecule has 1 atom stereocenters. The number of aromatic nitrogens is 1. The summed E-state index contributed by atoms with van der Waals surface area (Å²) in [7, 11) is 0. The third-order valence-electron chi connectivity index (χ3n) is 2.95. The molecule has 0 bridgehead atoms. The smallest absolute Gasteiger partial charge is 0.410 e. The SMILES string of the molecule is CCN(CCNC(C)c1csc(C)n1)C(=O)OC(C)(C)C. The van der Waals surface area contributed by atoms with E-state index in [-0.39, 0.29) is 12.1 Å². The Kier molecular flexibility index (Phi) is 6.61. The van der Waals surface area contributed by atoms with Crippen LogP contribution in [-0.4, -0.2) is 41.2 Å². The van der Waals surface area contributed by atoms with E-state index < -0.39 is 5.60 Å². The largest absolute Gasteiger partial charge is 0.444 e. The van der Waals surface area contributed by atoms with Crippen molar-refractivity contribution in [1.82, 2.24) is 15.2 Å². The Morgan fingerprint density at radius 2 is 2.19 bits per heavy atom. The van der Waals surface area contributed by atoms with E-state index in [1.807, 2.05) is 34.6 Å². The normalized spacial score (nSPS) is 13.0. The molecule has 0 radical (unpaired) electrons. The average Bonchev–Trinajstić information content (AvgIpc) is 2.79. The summed E-state index contributed by atoms with van der Waals surface area (Å²) in [6, 6.07) is 0.187. The molecule has 0 aliphatic heterocycles. The first-order chi connectivity index (χ1) is 9.73. The van der Waals surface area contributed by atoms with E-state index in [2.05, 4.69) is 22.6 Å². The molecule has 0 saturated carbocycles. The van der Waals surface area contributed by atoms with E-state index in [9.17, 15) is 4.79 Å². The van der Waals surface area contributed by atoms with Crippen molar-refractivity contribution >= 4 is 17.4 Å². The second-order valence-electron chi connectivity index (χ2n) is 6.03. The molecule has 5 nitrogen and oxygen atoms in total. The number of thiazole rings is 1. The first-order valence-corrected chi connectivity index (χ1v) is 8.24. The highest BCUT2D eigenvalue weighted by Crippen LogP contribution is 2.15. The molecule has 0 fully saturated rings. The highest BCUT2D eigenvalue weighted by molar-refractivity contribution is 7.09. The molecule has 1 unspecified atom stereocenters. The zero-order chi connectivity index (χ0) is 16.0. The van der Waals surface area contributed by atoms with E-state index in [0.29, 0.717) is 19.6 Å². The van der Waals surface area contributed by atoms with Crippen LogP contribution in [0.1, 0.15) is 51.4 Å². The van der Waals surface area contributed by atoms with Gasteiger partial charge >= 0.3 is 6.09 Å². The Balaban J connectivity index is 2.40. The van der Waals surface area contributed by atoms with Crippen molar-refractivity contribution < 1.29 is 9.53 Å². The van der Waals surface area contributed by atoms with Crippen LogP contribution in [0, 0.1) is 6.92 Å². The van der Waals surface area contributed by atoms with Gasteiger partial charge in [0.2, 0.25) is 0 Å². The van der Waals surface area contributed by atoms with Gasteiger partial charge in [0, 0.05) is 31.1 Å². The van der Waals surface area contributed by atoms with Crippen LogP contribution in [0.15, 0.2) is 5.38 Å². The van der Waals surface area contributed by atoms with E-state index in [1.165, 1.54) is 0 Å². The van der Waals surface area contributed by atoms with Crippen molar-refractivity contribution in [3.8, 4) is 0 Å². The van der Waals surface area contributed by atoms with Gasteiger partial charge in [-0.05, 0) is 41.5 Å². The van der Waals surface area contributed by atoms with Crippen molar-refractivity contribution in [2.45, 2.75) is 53.2 Å². The van der Waals surface area contributed by atoms with Crippen molar-refractivity contribution in [2.24, 2.45) is 0 Å². The summed E-state index contributed by atoms with van der Waals surface area (Å²) in [6.45, 7) is 13.7. The number of likely N-dealkylation sites (N-methyl/N-ethyl adjacent to an activating group) is 1. The lowest BCUT2D eigenvalue weighted by molar-refractivity contribution is 0.0261. The van der Waals surface area contributed by atoms with Crippen LogP contribution in [0.2, 0.25) is 0 Å². The Hall–Kier alpha value is -1.14. The molecule has 120 valence electrons. The van der Waals surface area contributed by atoms with Crippen LogP contribution < -0.4 is 5.32 Å². The minimum atomic E-state index is -0.455. The number of ether oxygens (including phenoxy) is 1. The number of aryl methyl sites for hydroxylation is 1. The molecule has 1 heterocycles. The summed E-state index contributed by atoms with van der Waals surface area (Å²) >= 11 is 1.65. The lowest BCUT2D eigenvalue weighted by atomic mass is 10.2. The fourth-order valence-corrected chi connectivity index (χ4v) is 2.51. The molecule has 0 spiro atoms. The molecular formula is C15H27N3O2S. The molecule has 1 rings (SSSR count). The molecule has 1 aromatic heterocycles. The lowest BCUT2D eigenvalue weighted by Crippen LogP contribution is -2.40. The maximum Gasteiger partial charge on any atom is 0.410 e. The van der Waals surface area contributed by atoms with E-state index in [0.717, 1.165) is 10.7 Å². The second kappa shape index (κ2) is 7.75. The molecule has 1 amide bonds. The highest BCUT2D eigenvalue weighted by atomic mass is 32.1. The minimum Gasteiger partial charge on any atom is -0.444 e. The molecule has 1 N–H and O–H groups in total. The maximum absolute atomic E-state index is 12.0. The van der Waals surface area contributed by atoms with Crippen molar-refractivity contribution in [3.63, 3.8) is 0 Å². The molecular weight excluding hydrogens is 286 g/mol. The monoisotopic (exact) mass is 313 g/mol. The number of nitrogens with zero attached hydrogens (tertiary/aromatic N) is 2. The van der Waals surface area contributed by atoms with Gasteiger partial charge in [0.05, 0.1) is 10.7 Å². The van der Waals surface area contributed by atoms with Crippen LogP contribution in [0.5, 0.6) is 0 Å². The Labute approximate surface area is 131 Å². The summed E-state index contributed by atoms with van der Waals surface area (Å²) in [4.78, 5) is 18.2. The summed E-state index contributed by atoms with van der Waals surface area (Å²) in [5.41, 5.74) is 0.599. The summed E-state index contributed by atoms with van der Waals surface area (Å²) in [6.07, 6.45) is -0.260. The molecule has 0 saturated heterocycles. The quantitative estimate of drug-likeness (QED) is 0.875. The van der Waals surface area contributed by atoms with Crippen LogP contribution in [-0.2, 0) is 4.74 Å². The minimum absolute atomic E-state index is 0.187. The van der Waals surface area contributed by atoms with Crippen molar-refractivity contribution in [2.75, 3.05) is 19.6 Å². The van der Waals surface area contributed by atoms with Crippen LogP contribution in [0.4, 0.5) is 4.79 Å². The van der Waals surface area contributed by atoms with Crippen LogP contribution in [0.3, 0.4) is 0 Å². The Bertz CT molecular complexity index is 454. The van der Waals surface area contributed by atoms with Gasteiger partial charge in [-0.2, -0.15) is 0 Å². The Morgan fingerprint density at radius 3 is 2.67 bits per heavy atom. The van der Waals surface area contributed by atoms with Gasteiger partial charge in [-0.15, -0.1) is 11.3 Å². The van der Waals surface area contributed by atoms with Gasteiger partial charge in [0.15, 0.2) is 0 Å². The lowest BCUT2D eigenvalue weighted by Gasteiger charge is -2.27. The topological polar surface area (TPSA) is 54.5 Å². The fraction of sp³-hybridized carbons (Fsp3) is 0.733. The summed E-state index contributed by atoms with van der Waals surface area (Å²) < 4.78 is 5.38. The second-order valence-corrected chi connectivity index (χ2v) is 7.09. The zero-order valence-electron chi connectivity index (χ0n) is 13.9. The third kappa shape index (κ3) is 6.44. The molecule has 1 aromatic rings. The number of hydrogen-bond donors (Lipinski definition) is 1. The standard InChI is InChI=1S/C15H27N3O2S/c1-7-18(14(19)20-15(4,5)6)9-8-16-11(2)13-10-21-12(3)17-13/h10-11,16H,7-9H2,1-6H3. The highest BCUT2D eigenvalue weighted by Gasteiger charge is 2.20. The molecule has 0 aliphatic carbocycles. The van der Waals surface area contributed by atoms with E-state index in [1.54, 1.807) is 16.2 Å². The number of nitrogens with one attached hydrogen (secondary N) is 1. The zero-order valence-corrected chi connectivity index (χ0v) is 14.7. The fourth-order valence-electron chi connectivity index (χ4n) is 1.80. The van der Waals surface area contributed by atoms with Crippen molar-refractivity contribution in [3.05, 3.63) is 16.1 Å². The van der Waals surface area contributed by atoms with Gasteiger partial charge in [0.1, 0.15) is 5.60 Å². The molecule has 21 heavy (non-hydrogen) atoms. The first-order valence-electron chi connectivity index (χ1n) is 7.36. The van der Waals surface area contributed by atoms with Crippen molar-refractivity contribution in [1.29, 1.82) is 0 Å². The molecule has 6 heteroatoms. The maximum atomic E-state index is 12.0. The number of amides is 1. The average molecular weight is 313 g/mol. The van der Waals surface area contributed by atoms with Crippen LogP contribution >= 0.6 is 11.3 Å². The van der Waals surface area contributed by atoms with Gasteiger partial charge in [-0.1, -0.05) is 0 Å². The van der Waals surface area contributed by atoms with Gasteiger partial charge < -0.3 is 15.0 Å². The van der Waals surface area contributed by atoms with Gasteiger partial charge in [-0.25, -0.2) is 9.78 Å². The van der Waals surface area contributed by atoms with Gasteiger partial charge in [-0.3, -0.25) is 0 Å². The summed E-state index contributed by atoms with van der Waals surface area (Å²) in [5, 5.41) is 6.53. The Morgan fingerprint density at radius 1 is 1.52 bits per heavy atom. The van der Waals surface area contributed by atoms with Crippen LogP contribution in [0.25, 0.3) is 0 Å². The predicted molar refractivity (Wildman–Crippen MR) is 86.7 cm³/mol. The third-order valence-corrected chi connectivity index (χ3v) is 3.74. The summed E-state index contributed by atoms with van der Waals surface area (Å²) in [5.74, 6) is 0. The number of carbonyl (C=O) groups excluding carboxylic acids is 1. The number of rotatable bonds is 6. The van der Waals surface area contributed by atoms with Gasteiger partial charge in [0.25, 0.3) is 0 Å². The molecule has 0 aliphatic rings. The molecule has 0 aromatic carbocycles. The van der Waals surface area contributed by atoms with E-state index in [4.69, 9.17) is 4.74 Å².